The second-order valence-electron chi connectivity index (χ2n) is 8.58. The number of hydrogen-bond donors (Lipinski definition) is 2. The molecule has 1 aliphatic rings. The fourth-order valence-electron chi connectivity index (χ4n) is 3.54. The number of nitrogens with zero attached hydrogens (tertiary/aromatic N) is 3. The number of hydrogen-bond acceptors (Lipinski definition) is 7. The number of alkyl carbamates (subject to hydrolysis) is 1. The third-order valence-electron chi connectivity index (χ3n) is 4.93. The summed E-state index contributed by atoms with van der Waals surface area (Å²) in [6.07, 6.45) is 1.66. The highest BCUT2D eigenvalue weighted by Gasteiger charge is 2.34. The zero-order chi connectivity index (χ0) is 24.2. The third kappa shape index (κ3) is 5.97. The highest BCUT2D eigenvalue weighted by molar-refractivity contribution is 6.01. The van der Waals surface area contributed by atoms with Crippen LogP contribution in [0.25, 0.3) is 0 Å². The number of aromatic nitrogens is 2. The average molecular weight is 456 g/mol. The van der Waals surface area contributed by atoms with Gasteiger partial charge in [0.15, 0.2) is 0 Å². The van der Waals surface area contributed by atoms with Gasteiger partial charge in [0.2, 0.25) is 11.8 Å². The van der Waals surface area contributed by atoms with Crippen LogP contribution in [0.5, 0.6) is 11.6 Å². The number of carbonyl (C=O) groups is 3. The van der Waals surface area contributed by atoms with Gasteiger partial charge in [0.05, 0.1) is 17.9 Å². The number of carboxylic acid groups (broad SMARTS) is 1. The van der Waals surface area contributed by atoms with Crippen molar-refractivity contribution in [2.24, 2.45) is 0 Å². The summed E-state index contributed by atoms with van der Waals surface area (Å²) < 4.78 is 11.2. The third-order valence-corrected chi connectivity index (χ3v) is 4.93. The van der Waals surface area contributed by atoms with Crippen molar-refractivity contribution in [3.05, 3.63) is 41.9 Å². The molecular formula is C23H28N4O6. The number of fused-ring (bicyclic) bond motifs is 1. The van der Waals surface area contributed by atoms with Crippen molar-refractivity contribution in [1.82, 2.24) is 15.3 Å². The van der Waals surface area contributed by atoms with E-state index in [1.807, 2.05) is 0 Å². The van der Waals surface area contributed by atoms with E-state index in [0.29, 0.717) is 23.6 Å². The van der Waals surface area contributed by atoms with Crippen molar-refractivity contribution in [2.75, 3.05) is 4.90 Å². The lowest BCUT2D eigenvalue weighted by atomic mass is 9.97. The molecular weight excluding hydrogens is 428 g/mol. The molecule has 0 spiro atoms. The molecule has 2 amide bonds. The van der Waals surface area contributed by atoms with Gasteiger partial charge >= 0.3 is 12.1 Å². The molecule has 10 nitrogen and oxygen atoms in total. The van der Waals surface area contributed by atoms with Gasteiger partial charge in [-0.1, -0.05) is 13.0 Å². The topological polar surface area (TPSA) is 131 Å². The lowest BCUT2D eigenvalue weighted by Gasteiger charge is -2.34. The highest BCUT2D eigenvalue weighted by Crippen LogP contribution is 2.38. The molecule has 1 atom stereocenters. The van der Waals surface area contributed by atoms with Gasteiger partial charge in [0, 0.05) is 18.1 Å². The standard InChI is InChI=1S/C23H28N4O6/c1-5-16(21(29)30)27-17-7-6-8-18(15(17)9-10-20(27)28)32-19-11-14(25-13-26-19)12-24-22(31)33-23(2,3)4/h6-8,11,13,16H,5,9-10,12H2,1-4H3,(H,24,31)(H,29,30). The molecule has 1 unspecified atom stereocenters. The first-order valence-corrected chi connectivity index (χ1v) is 10.7. The van der Waals surface area contributed by atoms with Gasteiger partial charge < -0.3 is 19.9 Å². The van der Waals surface area contributed by atoms with Crippen molar-refractivity contribution in [3.8, 4) is 11.6 Å². The maximum atomic E-state index is 12.5. The van der Waals surface area contributed by atoms with E-state index in [9.17, 15) is 19.5 Å². The second kappa shape index (κ2) is 9.85. The lowest BCUT2D eigenvalue weighted by Crippen LogP contribution is -2.47. The zero-order valence-electron chi connectivity index (χ0n) is 19.1. The Morgan fingerprint density at radius 3 is 2.67 bits per heavy atom. The monoisotopic (exact) mass is 456 g/mol. The van der Waals surface area contributed by atoms with E-state index in [2.05, 4.69) is 15.3 Å². The molecule has 2 aromatic rings. The van der Waals surface area contributed by atoms with Crippen LogP contribution in [0.15, 0.2) is 30.6 Å². The molecule has 1 aliphatic heterocycles. The molecule has 0 saturated heterocycles. The molecule has 0 radical (unpaired) electrons. The van der Waals surface area contributed by atoms with Gasteiger partial charge in [-0.25, -0.2) is 19.6 Å². The molecule has 1 aromatic carbocycles. The largest absolute Gasteiger partial charge is 0.480 e. The fraction of sp³-hybridized carbons (Fsp3) is 0.435. The Balaban J connectivity index is 1.79. The van der Waals surface area contributed by atoms with Crippen LogP contribution in [-0.2, 0) is 27.3 Å². The normalized spacial score (nSPS) is 14.3. The molecule has 3 rings (SSSR count). The van der Waals surface area contributed by atoms with Gasteiger partial charge in [0.25, 0.3) is 0 Å². The van der Waals surface area contributed by atoms with Gasteiger partial charge in [-0.15, -0.1) is 0 Å². The van der Waals surface area contributed by atoms with E-state index in [4.69, 9.17) is 9.47 Å². The maximum absolute atomic E-state index is 12.5. The Morgan fingerprint density at radius 2 is 2.00 bits per heavy atom. The van der Waals surface area contributed by atoms with Crippen LogP contribution in [0.2, 0.25) is 0 Å². The van der Waals surface area contributed by atoms with Crippen molar-refractivity contribution < 1.29 is 29.0 Å². The molecule has 0 bridgehead atoms. The Morgan fingerprint density at radius 1 is 1.24 bits per heavy atom. The predicted molar refractivity (Wildman–Crippen MR) is 119 cm³/mol. The second-order valence-corrected chi connectivity index (χ2v) is 8.58. The van der Waals surface area contributed by atoms with Crippen LogP contribution in [-0.4, -0.2) is 44.7 Å². The summed E-state index contributed by atoms with van der Waals surface area (Å²) in [7, 11) is 0. The molecule has 2 N–H and O–H groups in total. The number of amides is 2. The number of nitrogens with one attached hydrogen (secondary N) is 1. The number of aliphatic carboxylic acids is 1. The Hall–Kier alpha value is -3.69. The molecule has 0 fully saturated rings. The van der Waals surface area contributed by atoms with Gasteiger partial charge in [-0.2, -0.15) is 0 Å². The fourth-order valence-corrected chi connectivity index (χ4v) is 3.54. The minimum atomic E-state index is -1.05. The van der Waals surface area contributed by atoms with Crippen LogP contribution in [0.3, 0.4) is 0 Å². The van der Waals surface area contributed by atoms with Crippen molar-refractivity contribution in [1.29, 1.82) is 0 Å². The van der Waals surface area contributed by atoms with Crippen molar-refractivity contribution in [2.45, 2.75) is 65.1 Å². The predicted octanol–water partition coefficient (Wildman–Crippen LogP) is 3.44. The summed E-state index contributed by atoms with van der Waals surface area (Å²) in [5.41, 5.74) is 1.18. The summed E-state index contributed by atoms with van der Waals surface area (Å²) in [5, 5.41) is 12.2. The van der Waals surface area contributed by atoms with Crippen LogP contribution in [0.1, 0.15) is 51.8 Å². The zero-order valence-corrected chi connectivity index (χ0v) is 19.1. The average Bonchev–Trinajstić information content (AvgIpc) is 2.73. The van der Waals surface area contributed by atoms with Crippen LogP contribution in [0, 0.1) is 0 Å². The molecule has 2 heterocycles. The van der Waals surface area contributed by atoms with Gasteiger partial charge in [-0.3, -0.25) is 9.69 Å². The van der Waals surface area contributed by atoms with E-state index < -0.39 is 23.7 Å². The van der Waals surface area contributed by atoms with Gasteiger partial charge in [-0.05, 0) is 45.7 Å². The molecule has 176 valence electrons. The van der Waals surface area contributed by atoms with Crippen LogP contribution >= 0.6 is 0 Å². The number of carbonyl (C=O) groups excluding carboxylic acids is 2. The van der Waals surface area contributed by atoms with E-state index in [1.54, 1.807) is 52.0 Å². The molecule has 0 aliphatic carbocycles. The van der Waals surface area contributed by atoms with Crippen LogP contribution < -0.4 is 15.0 Å². The SMILES string of the molecule is CCC(C(=O)O)N1C(=O)CCc2c(Oc3cc(CNC(=O)OC(C)(C)C)ncn3)cccc21. The first-order chi connectivity index (χ1) is 15.6. The minimum Gasteiger partial charge on any atom is -0.480 e. The summed E-state index contributed by atoms with van der Waals surface area (Å²) >= 11 is 0. The summed E-state index contributed by atoms with van der Waals surface area (Å²) in [6, 6.07) is 5.82. The smallest absolute Gasteiger partial charge is 0.407 e. The minimum absolute atomic E-state index is 0.125. The van der Waals surface area contributed by atoms with Crippen molar-refractivity contribution >= 4 is 23.7 Å². The summed E-state index contributed by atoms with van der Waals surface area (Å²) in [6.45, 7) is 7.18. The Labute approximate surface area is 191 Å². The Bertz CT molecular complexity index is 1050. The lowest BCUT2D eigenvalue weighted by molar-refractivity contribution is -0.140. The number of benzene rings is 1. The van der Waals surface area contributed by atoms with Crippen LogP contribution in [0.4, 0.5) is 10.5 Å². The van der Waals surface area contributed by atoms with E-state index >= 15 is 0 Å². The Kier molecular flexibility index (Phi) is 7.15. The number of rotatable bonds is 7. The molecule has 1 aromatic heterocycles. The number of carboxylic acids is 1. The van der Waals surface area contributed by atoms with E-state index in [0.717, 1.165) is 5.56 Å². The molecule has 33 heavy (non-hydrogen) atoms. The highest BCUT2D eigenvalue weighted by atomic mass is 16.6. The first-order valence-electron chi connectivity index (χ1n) is 10.7. The van der Waals surface area contributed by atoms with E-state index in [1.165, 1.54) is 11.2 Å². The number of anilines is 1. The first kappa shape index (κ1) is 24.0. The maximum Gasteiger partial charge on any atom is 0.407 e. The quantitative estimate of drug-likeness (QED) is 0.648. The van der Waals surface area contributed by atoms with Gasteiger partial charge in [0.1, 0.15) is 23.7 Å². The number of ether oxygens (including phenoxy) is 2. The summed E-state index contributed by atoms with van der Waals surface area (Å²) in [5.74, 6) is -0.544. The summed E-state index contributed by atoms with van der Waals surface area (Å²) in [4.78, 5) is 45.7. The molecule has 0 saturated carbocycles. The molecule has 10 heteroatoms. The van der Waals surface area contributed by atoms with Crippen molar-refractivity contribution in [3.63, 3.8) is 0 Å². The van der Waals surface area contributed by atoms with E-state index in [-0.39, 0.29) is 31.2 Å².